The van der Waals surface area contributed by atoms with Gasteiger partial charge in [0, 0.05) is 36.8 Å². The summed E-state index contributed by atoms with van der Waals surface area (Å²) in [5.74, 6) is -0.411. The van der Waals surface area contributed by atoms with Crippen molar-refractivity contribution in [1.82, 2.24) is 15.3 Å². The minimum absolute atomic E-state index is 0.120. The van der Waals surface area contributed by atoms with Gasteiger partial charge in [0.2, 0.25) is 0 Å². The molecule has 3 atom stereocenters. The first-order chi connectivity index (χ1) is 18.8. The highest BCUT2D eigenvalue weighted by Crippen LogP contribution is 2.30. The molecule has 208 valence electrons. The smallest absolute Gasteiger partial charge is 0.433 e. The lowest BCUT2D eigenvalue weighted by Gasteiger charge is -2.40. The number of piperidine rings is 1. The number of benzene rings is 1. The first-order valence-corrected chi connectivity index (χ1v) is 13.3. The molecule has 2 N–H and O–H groups in total. The van der Waals surface area contributed by atoms with Gasteiger partial charge >= 0.3 is 12.1 Å². The summed E-state index contributed by atoms with van der Waals surface area (Å²) in [5.41, 5.74) is 1.65. The molecule has 3 heterocycles. The zero-order valence-electron chi connectivity index (χ0n) is 21.7. The molecule has 2 fully saturated rings. The maximum atomic E-state index is 12.9. The van der Waals surface area contributed by atoms with Crippen molar-refractivity contribution in [2.45, 2.75) is 62.8 Å². The number of methoxy groups -OCH3 is 1. The maximum absolute atomic E-state index is 12.9. The molecule has 1 aliphatic carbocycles. The molecule has 1 saturated heterocycles. The predicted molar refractivity (Wildman–Crippen MR) is 141 cm³/mol. The van der Waals surface area contributed by atoms with Gasteiger partial charge in [-0.3, -0.25) is 0 Å². The van der Waals surface area contributed by atoms with Gasteiger partial charge in [-0.15, -0.1) is 0 Å². The molecule has 0 radical (unpaired) electrons. The number of nitrogens with one attached hydrogen (secondary N) is 2. The van der Waals surface area contributed by atoms with Gasteiger partial charge in [0.05, 0.1) is 24.6 Å². The number of carbonyl (C=O) groups excluding carboxylic acids is 1. The number of hydrogen-bond acceptors (Lipinski definition) is 8. The third-order valence-electron chi connectivity index (χ3n) is 7.43. The molecule has 1 aliphatic heterocycles. The number of ether oxygens (including phenoxy) is 1. The Bertz CT molecular complexity index is 1260. The molecule has 1 saturated carbocycles. The fourth-order valence-electron chi connectivity index (χ4n) is 5.45. The van der Waals surface area contributed by atoms with E-state index >= 15 is 0 Å². The number of rotatable bonds is 7. The van der Waals surface area contributed by atoms with Crippen molar-refractivity contribution in [3.05, 3.63) is 60.1 Å². The summed E-state index contributed by atoms with van der Waals surface area (Å²) in [4.78, 5) is 22.2. The number of oxazole rings is 1. The van der Waals surface area contributed by atoms with E-state index in [1.165, 1.54) is 19.4 Å². The topological polar surface area (TPSA) is 92.5 Å². The van der Waals surface area contributed by atoms with Crippen molar-refractivity contribution in [3.8, 4) is 11.3 Å². The Morgan fingerprint density at radius 2 is 1.92 bits per heavy atom. The normalized spacial score (nSPS) is 21.9. The molecular formula is C28H32F3N5O3. The Morgan fingerprint density at radius 3 is 2.67 bits per heavy atom. The highest BCUT2D eigenvalue weighted by Gasteiger charge is 2.33. The molecule has 0 spiro atoms. The summed E-state index contributed by atoms with van der Waals surface area (Å²) in [6.45, 7) is 1.49. The molecule has 5 rings (SSSR count). The van der Waals surface area contributed by atoms with Crippen molar-refractivity contribution < 1.29 is 27.1 Å². The van der Waals surface area contributed by atoms with Crippen molar-refractivity contribution in [2.75, 3.05) is 30.4 Å². The minimum Gasteiger partial charge on any atom is -0.465 e. The van der Waals surface area contributed by atoms with Crippen LogP contribution in [0.1, 0.15) is 54.6 Å². The van der Waals surface area contributed by atoms with E-state index < -0.39 is 17.8 Å². The van der Waals surface area contributed by atoms with Crippen molar-refractivity contribution in [1.29, 1.82) is 0 Å². The number of halogens is 3. The first-order valence-electron chi connectivity index (χ1n) is 13.3. The van der Waals surface area contributed by atoms with E-state index in [9.17, 15) is 18.0 Å². The van der Waals surface area contributed by atoms with E-state index in [0.29, 0.717) is 29.5 Å². The third-order valence-corrected chi connectivity index (χ3v) is 7.43. The fraction of sp³-hybridized carbons (Fsp3) is 0.464. The minimum atomic E-state index is -4.44. The van der Waals surface area contributed by atoms with Gasteiger partial charge in [-0.2, -0.15) is 18.2 Å². The molecule has 0 bridgehead atoms. The second kappa shape index (κ2) is 11.6. The van der Waals surface area contributed by atoms with Crippen LogP contribution in [0.15, 0.2) is 53.3 Å². The van der Waals surface area contributed by atoms with Crippen LogP contribution in [0.5, 0.6) is 0 Å². The van der Waals surface area contributed by atoms with Crippen LogP contribution in [0.25, 0.3) is 11.3 Å². The molecule has 8 nitrogen and oxygen atoms in total. The van der Waals surface area contributed by atoms with Gasteiger partial charge in [0.25, 0.3) is 6.01 Å². The predicted octanol–water partition coefficient (Wildman–Crippen LogP) is 5.52. The van der Waals surface area contributed by atoms with E-state index in [0.717, 1.165) is 56.7 Å². The molecule has 3 aromatic rings. The monoisotopic (exact) mass is 543 g/mol. The molecule has 0 amide bonds. The Balaban J connectivity index is 1.22. The average molecular weight is 544 g/mol. The summed E-state index contributed by atoms with van der Waals surface area (Å²) in [7, 11) is 1.35. The van der Waals surface area contributed by atoms with Crippen LogP contribution >= 0.6 is 0 Å². The first kappa shape index (κ1) is 27.0. The number of alkyl halides is 3. The molecule has 1 aromatic carbocycles. The SMILES string of the molecule is COC(=O)c1cccc(-c2coc(N[C@@H]3CCCC[C@H]3N[C@H]3CCCN(c4ccc(C(F)(F)F)nc4)C3)n2)c1. The third kappa shape index (κ3) is 6.52. The van der Waals surface area contributed by atoms with Crippen LogP contribution in [0.2, 0.25) is 0 Å². The summed E-state index contributed by atoms with van der Waals surface area (Å²) in [6.07, 6.45) is 4.56. The van der Waals surface area contributed by atoms with Gasteiger partial charge in [0.1, 0.15) is 17.7 Å². The zero-order valence-corrected chi connectivity index (χ0v) is 21.7. The number of pyridine rings is 1. The lowest BCUT2D eigenvalue weighted by molar-refractivity contribution is -0.141. The number of hydrogen-bond donors (Lipinski definition) is 2. The highest BCUT2D eigenvalue weighted by molar-refractivity contribution is 5.90. The molecule has 39 heavy (non-hydrogen) atoms. The Hall–Kier alpha value is -3.60. The molecule has 11 heteroatoms. The van der Waals surface area contributed by atoms with E-state index in [4.69, 9.17) is 9.15 Å². The van der Waals surface area contributed by atoms with Crippen LogP contribution in [-0.2, 0) is 10.9 Å². The number of aromatic nitrogens is 2. The van der Waals surface area contributed by atoms with Gasteiger partial charge in [-0.05, 0) is 49.9 Å². The molecule has 2 aromatic heterocycles. The van der Waals surface area contributed by atoms with Crippen LogP contribution in [0, 0.1) is 0 Å². The highest BCUT2D eigenvalue weighted by atomic mass is 19.4. The van der Waals surface area contributed by atoms with Crippen LogP contribution in [-0.4, -0.2) is 54.3 Å². The molecule has 2 aliphatic rings. The van der Waals surface area contributed by atoms with E-state index in [2.05, 4.69) is 25.5 Å². The van der Waals surface area contributed by atoms with Gasteiger partial charge in [-0.25, -0.2) is 9.78 Å². The standard InChI is InChI=1S/C28H32F3N5O3/c1-38-26(37)19-7-4-6-18(14-19)24-17-39-27(35-24)34-23-10-3-2-9-22(23)33-20-8-5-13-36(16-20)21-11-12-25(32-15-21)28(29,30)31/h4,6-7,11-12,14-15,17,20,22-23,33H,2-3,5,8-10,13,16H2,1H3,(H,34,35)/t20-,22+,23+/m0/s1. The van der Waals surface area contributed by atoms with Crippen LogP contribution < -0.4 is 15.5 Å². The maximum Gasteiger partial charge on any atom is 0.433 e. The van der Waals surface area contributed by atoms with Gasteiger partial charge < -0.3 is 24.7 Å². The Labute approximate surface area is 225 Å². The van der Waals surface area contributed by atoms with E-state index in [1.807, 2.05) is 6.07 Å². The summed E-state index contributed by atoms with van der Waals surface area (Å²) >= 11 is 0. The van der Waals surface area contributed by atoms with Crippen molar-refractivity contribution in [2.24, 2.45) is 0 Å². The van der Waals surface area contributed by atoms with Crippen molar-refractivity contribution >= 4 is 17.7 Å². The average Bonchev–Trinajstić information content (AvgIpc) is 3.42. The van der Waals surface area contributed by atoms with E-state index in [-0.39, 0.29) is 18.1 Å². The fourth-order valence-corrected chi connectivity index (χ4v) is 5.45. The largest absolute Gasteiger partial charge is 0.465 e. The second-order valence-corrected chi connectivity index (χ2v) is 10.1. The van der Waals surface area contributed by atoms with Crippen LogP contribution in [0.4, 0.5) is 24.9 Å². The number of nitrogens with zero attached hydrogens (tertiary/aromatic N) is 3. The number of esters is 1. The Morgan fingerprint density at radius 1 is 1.10 bits per heavy atom. The van der Waals surface area contributed by atoms with Crippen molar-refractivity contribution in [3.63, 3.8) is 0 Å². The van der Waals surface area contributed by atoms with Crippen LogP contribution in [0.3, 0.4) is 0 Å². The second-order valence-electron chi connectivity index (χ2n) is 10.1. The van der Waals surface area contributed by atoms with Gasteiger partial charge in [-0.1, -0.05) is 25.0 Å². The number of anilines is 2. The summed E-state index contributed by atoms with van der Waals surface area (Å²) in [5, 5.41) is 7.26. The lowest BCUT2D eigenvalue weighted by atomic mass is 9.89. The quantitative estimate of drug-likeness (QED) is 0.376. The number of carbonyl (C=O) groups is 1. The molecule has 0 unspecified atom stereocenters. The van der Waals surface area contributed by atoms with E-state index in [1.54, 1.807) is 24.5 Å². The summed E-state index contributed by atoms with van der Waals surface area (Å²) in [6, 6.07) is 10.5. The Kier molecular flexibility index (Phi) is 8.06. The molecular weight excluding hydrogens is 511 g/mol. The lowest BCUT2D eigenvalue weighted by Crippen LogP contribution is -2.54. The zero-order chi connectivity index (χ0) is 27.4. The van der Waals surface area contributed by atoms with Gasteiger partial charge in [0.15, 0.2) is 0 Å². The summed E-state index contributed by atoms with van der Waals surface area (Å²) < 4.78 is 49.3.